The monoisotopic (exact) mass is 452 g/mol. The summed E-state index contributed by atoms with van der Waals surface area (Å²) in [6.07, 6.45) is 5.62. The van der Waals surface area contributed by atoms with Crippen LogP contribution in [0.2, 0.25) is 0 Å². The van der Waals surface area contributed by atoms with Gasteiger partial charge in [0.05, 0.1) is 30.6 Å². The smallest absolute Gasteiger partial charge is 0.407 e. The van der Waals surface area contributed by atoms with Gasteiger partial charge in [-0.3, -0.25) is 0 Å². The van der Waals surface area contributed by atoms with Crippen molar-refractivity contribution < 1.29 is 14.3 Å². The summed E-state index contributed by atoms with van der Waals surface area (Å²) in [5.74, 6) is 1.33. The fourth-order valence-electron chi connectivity index (χ4n) is 5.27. The predicted octanol–water partition coefficient (Wildman–Crippen LogP) is 2.73. The first-order chi connectivity index (χ1) is 15.8. The molecule has 3 aliphatic rings. The molecule has 9 heteroatoms. The first-order valence-corrected chi connectivity index (χ1v) is 11.7. The van der Waals surface area contributed by atoms with Gasteiger partial charge in [0, 0.05) is 17.2 Å². The Labute approximate surface area is 193 Å². The van der Waals surface area contributed by atoms with Crippen LogP contribution in [0.25, 0.3) is 11.3 Å². The first kappa shape index (κ1) is 21.8. The van der Waals surface area contributed by atoms with E-state index in [9.17, 15) is 4.79 Å². The molecule has 1 atom stereocenters. The molecular formula is C24H32N6O3. The summed E-state index contributed by atoms with van der Waals surface area (Å²) in [4.78, 5) is 20.3. The molecule has 2 aliphatic carbocycles. The lowest BCUT2D eigenvalue weighted by Crippen LogP contribution is -2.32. The fraction of sp³-hybridized carbons (Fsp3) is 0.542. The number of nitrogens with one attached hydrogen (secondary N) is 2. The van der Waals surface area contributed by atoms with E-state index in [0.29, 0.717) is 18.9 Å². The molecule has 1 saturated carbocycles. The molecular weight excluding hydrogens is 420 g/mol. The van der Waals surface area contributed by atoms with E-state index in [-0.39, 0.29) is 29.8 Å². The van der Waals surface area contributed by atoms with Gasteiger partial charge in [-0.2, -0.15) is 0 Å². The van der Waals surface area contributed by atoms with Gasteiger partial charge in [0.1, 0.15) is 24.0 Å². The van der Waals surface area contributed by atoms with Crippen molar-refractivity contribution in [1.29, 1.82) is 0 Å². The average Bonchev–Trinajstić information content (AvgIpc) is 3.19. The SMILES string of the molecule is CC1(C)Cc2c(ccc(O[C@H]3CC[C@@H](N)CC3)c2NC[C@@H]2CNC(=O)O2)-c2ncnc(N)c21. The third kappa shape index (κ3) is 4.17. The third-order valence-corrected chi connectivity index (χ3v) is 6.97. The Hall–Kier alpha value is -3.07. The van der Waals surface area contributed by atoms with Crippen LogP contribution in [0.15, 0.2) is 18.5 Å². The number of rotatable bonds is 5. The minimum absolute atomic E-state index is 0.135. The van der Waals surface area contributed by atoms with Crippen LogP contribution in [0.3, 0.4) is 0 Å². The van der Waals surface area contributed by atoms with E-state index in [1.165, 1.54) is 6.33 Å². The topological polar surface area (TPSA) is 137 Å². The molecule has 1 amide bonds. The van der Waals surface area contributed by atoms with Crippen molar-refractivity contribution in [3.8, 4) is 17.0 Å². The summed E-state index contributed by atoms with van der Waals surface area (Å²) in [5.41, 5.74) is 17.0. The summed E-state index contributed by atoms with van der Waals surface area (Å²) in [6, 6.07) is 4.34. The highest BCUT2D eigenvalue weighted by atomic mass is 16.6. The number of hydrogen-bond donors (Lipinski definition) is 4. The predicted molar refractivity (Wildman–Crippen MR) is 126 cm³/mol. The maximum absolute atomic E-state index is 11.5. The molecule has 1 saturated heterocycles. The van der Waals surface area contributed by atoms with Crippen molar-refractivity contribution in [1.82, 2.24) is 15.3 Å². The van der Waals surface area contributed by atoms with Crippen LogP contribution in [-0.2, 0) is 16.6 Å². The van der Waals surface area contributed by atoms with E-state index in [4.69, 9.17) is 20.9 Å². The largest absolute Gasteiger partial charge is 0.488 e. The summed E-state index contributed by atoms with van der Waals surface area (Å²) in [6.45, 7) is 5.30. The van der Waals surface area contributed by atoms with Crippen molar-refractivity contribution in [3.05, 3.63) is 29.6 Å². The molecule has 0 bridgehead atoms. The van der Waals surface area contributed by atoms with Crippen molar-refractivity contribution in [3.63, 3.8) is 0 Å². The second-order valence-corrected chi connectivity index (χ2v) is 9.95. The molecule has 6 N–H and O–H groups in total. The van der Waals surface area contributed by atoms with Crippen molar-refractivity contribution in [2.75, 3.05) is 24.1 Å². The highest BCUT2D eigenvalue weighted by Crippen LogP contribution is 2.48. The molecule has 1 aromatic heterocycles. The summed E-state index contributed by atoms with van der Waals surface area (Å²) < 4.78 is 11.9. The quantitative estimate of drug-likeness (QED) is 0.543. The number of anilines is 2. The van der Waals surface area contributed by atoms with E-state index in [2.05, 4.69) is 40.5 Å². The number of nitrogens with two attached hydrogens (primary N) is 2. The zero-order valence-corrected chi connectivity index (χ0v) is 19.2. The Morgan fingerprint density at radius 3 is 2.76 bits per heavy atom. The Bertz CT molecular complexity index is 1060. The normalized spacial score (nSPS) is 25.4. The minimum Gasteiger partial charge on any atom is -0.488 e. The molecule has 176 valence electrons. The number of aromatic nitrogens is 2. The van der Waals surface area contributed by atoms with Gasteiger partial charge < -0.3 is 31.6 Å². The summed E-state index contributed by atoms with van der Waals surface area (Å²) >= 11 is 0. The Kier molecular flexibility index (Phi) is 5.52. The maximum atomic E-state index is 11.5. The van der Waals surface area contributed by atoms with E-state index in [0.717, 1.165) is 65.9 Å². The number of ether oxygens (including phenoxy) is 2. The van der Waals surface area contributed by atoms with Gasteiger partial charge in [-0.25, -0.2) is 14.8 Å². The van der Waals surface area contributed by atoms with Crippen molar-refractivity contribution in [2.24, 2.45) is 5.73 Å². The molecule has 33 heavy (non-hydrogen) atoms. The second-order valence-electron chi connectivity index (χ2n) is 9.95. The molecule has 1 aliphatic heterocycles. The molecule has 2 fully saturated rings. The molecule has 2 aromatic rings. The number of nitrogen functional groups attached to an aromatic ring is 1. The molecule has 0 spiro atoms. The van der Waals surface area contributed by atoms with Gasteiger partial charge in [-0.15, -0.1) is 0 Å². The van der Waals surface area contributed by atoms with Crippen LogP contribution in [0.4, 0.5) is 16.3 Å². The number of fused-ring (bicyclic) bond motifs is 3. The number of carbonyl (C=O) groups excluding carboxylic acids is 1. The van der Waals surface area contributed by atoms with Crippen LogP contribution in [0.5, 0.6) is 5.75 Å². The number of nitrogens with zero attached hydrogens (tertiary/aromatic N) is 2. The number of cyclic esters (lactones) is 1. The van der Waals surface area contributed by atoms with Crippen LogP contribution < -0.4 is 26.8 Å². The van der Waals surface area contributed by atoms with E-state index in [1.54, 1.807) is 0 Å². The van der Waals surface area contributed by atoms with E-state index >= 15 is 0 Å². The zero-order chi connectivity index (χ0) is 23.2. The second kappa shape index (κ2) is 8.37. The first-order valence-electron chi connectivity index (χ1n) is 11.7. The van der Waals surface area contributed by atoms with Gasteiger partial charge in [-0.05, 0) is 55.2 Å². The Balaban J connectivity index is 1.53. The van der Waals surface area contributed by atoms with Crippen LogP contribution >= 0.6 is 0 Å². The van der Waals surface area contributed by atoms with Gasteiger partial charge in [0.15, 0.2) is 0 Å². The van der Waals surface area contributed by atoms with Gasteiger partial charge in [0.25, 0.3) is 0 Å². The van der Waals surface area contributed by atoms with E-state index < -0.39 is 0 Å². The maximum Gasteiger partial charge on any atom is 0.407 e. The number of alkyl carbamates (subject to hydrolysis) is 1. The molecule has 0 radical (unpaired) electrons. The van der Waals surface area contributed by atoms with Crippen LogP contribution in [0.1, 0.15) is 50.7 Å². The molecule has 1 aromatic carbocycles. The summed E-state index contributed by atoms with van der Waals surface area (Å²) in [7, 11) is 0. The number of carbonyl (C=O) groups is 1. The number of benzene rings is 1. The van der Waals surface area contributed by atoms with Crippen molar-refractivity contribution >= 4 is 17.6 Å². The lowest BCUT2D eigenvalue weighted by Gasteiger charge is -2.36. The third-order valence-electron chi connectivity index (χ3n) is 6.97. The minimum atomic E-state index is -0.380. The average molecular weight is 453 g/mol. The lowest BCUT2D eigenvalue weighted by atomic mass is 9.71. The Morgan fingerprint density at radius 2 is 2.03 bits per heavy atom. The highest BCUT2D eigenvalue weighted by Gasteiger charge is 2.37. The fourth-order valence-corrected chi connectivity index (χ4v) is 5.27. The molecule has 5 rings (SSSR count). The Morgan fingerprint density at radius 1 is 1.24 bits per heavy atom. The zero-order valence-electron chi connectivity index (χ0n) is 19.2. The van der Waals surface area contributed by atoms with Crippen LogP contribution in [-0.4, -0.2) is 47.4 Å². The van der Waals surface area contributed by atoms with Crippen LogP contribution in [0, 0.1) is 0 Å². The van der Waals surface area contributed by atoms with Gasteiger partial charge in [0.2, 0.25) is 0 Å². The molecule has 2 heterocycles. The van der Waals surface area contributed by atoms with Gasteiger partial charge in [-0.1, -0.05) is 13.8 Å². The van der Waals surface area contributed by atoms with Gasteiger partial charge >= 0.3 is 6.09 Å². The van der Waals surface area contributed by atoms with Crippen molar-refractivity contribution in [2.45, 2.75) is 69.6 Å². The standard InChI is InChI=1S/C24H32N6O3/c1-24(2)9-17-16(21-19(24)22(26)30-12-29-21)7-8-18(32-14-5-3-13(25)4-6-14)20(17)27-10-15-11-28-23(31)33-15/h7-8,12-15,27H,3-6,9-11,25H2,1-2H3,(H,28,31)(H2,26,29,30)/t13-,14+,15-/m1/s1. The number of amides is 1. The molecule has 9 nitrogen and oxygen atoms in total. The molecule has 0 unspecified atom stereocenters. The van der Waals surface area contributed by atoms with E-state index in [1.807, 2.05) is 6.07 Å². The lowest BCUT2D eigenvalue weighted by molar-refractivity contribution is 0.144. The summed E-state index contributed by atoms with van der Waals surface area (Å²) in [5, 5.41) is 6.25. The highest BCUT2D eigenvalue weighted by molar-refractivity contribution is 5.82. The number of hydrogen-bond acceptors (Lipinski definition) is 8.